The molecule has 0 bridgehead atoms. The number of hydrogen-bond donors (Lipinski definition) is 0. The molecule has 2 heteroatoms. The van der Waals surface area contributed by atoms with E-state index in [9.17, 15) is 0 Å². The van der Waals surface area contributed by atoms with Gasteiger partial charge in [-0.25, -0.2) is 0 Å². The molecular weight excluding hydrogens is 272 g/mol. The zero-order chi connectivity index (χ0) is 15.4. The second-order valence-corrected chi connectivity index (χ2v) is 7.08. The van der Waals surface area contributed by atoms with Crippen LogP contribution in [0.4, 0.5) is 0 Å². The molecule has 0 atom stereocenters. The third-order valence-corrected chi connectivity index (χ3v) is 5.03. The average Bonchev–Trinajstić information content (AvgIpc) is 2.56. The first kappa shape index (κ1) is 15.8. The van der Waals surface area contributed by atoms with Crippen molar-refractivity contribution in [1.29, 1.82) is 0 Å². The van der Waals surface area contributed by atoms with E-state index in [1.807, 2.05) is 0 Å². The maximum absolute atomic E-state index is 6.00. The molecule has 2 aliphatic rings. The Morgan fingerprint density at radius 3 is 2.23 bits per heavy atom. The van der Waals surface area contributed by atoms with Crippen LogP contribution in [0, 0.1) is 24.7 Å². The standard InChI is InChI=1S/C20H28O2/c1-15-3-7-17(8-4-15)9-10-18-13-21-20(22-14-18)19-11-5-16(2)6-12-19/h3-4,7-10,16,18-20H,5-6,11-14H2,1-2H3/b10-9+. The molecule has 1 aliphatic carbocycles. The van der Waals surface area contributed by atoms with Crippen LogP contribution in [0.15, 0.2) is 30.3 Å². The minimum atomic E-state index is 0.0384. The van der Waals surface area contributed by atoms with Crippen LogP contribution in [0.3, 0.4) is 0 Å². The molecule has 1 saturated carbocycles. The van der Waals surface area contributed by atoms with Crippen molar-refractivity contribution in [2.24, 2.45) is 17.8 Å². The normalized spacial score (nSPS) is 33.2. The maximum Gasteiger partial charge on any atom is 0.160 e. The molecule has 0 spiro atoms. The highest BCUT2D eigenvalue weighted by molar-refractivity contribution is 5.49. The van der Waals surface area contributed by atoms with Gasteiger partial charge in [0.25, 0.3) is 0 Å². The monoisotopic (exact) mass is 300 g/mol. The van der Waals surface area contributed by atoms with Gasteiger partial charge in [-0.15, -0.1) is 0 Å². The molecule has 1 saturated heterocycles. The average molecular weight is 300 g/mol. The molecule has 1 heterocycles. The molecule has 0 N–H and O–H groups in total. The number of ether oxygens (including phenoxy) is 2. The topological polar surface area (TPSA) is 18.5 Å². The molecule has 22 heavy (non-hydrogen) atoms. The molecule has 1 aromatic carbocycles. The van der Waals surface area contributed by atoms with E-state index in [-0.39, 0.29) is 6.29 Å². The van der Waals surface area contributed by atoms with Gasteiger partial charge in [0, 0.05) is 11.8 Å². The molecule has 2 nitrogen and oxygen atoms in total. The molecular formula is C20H28O2. The first-order chi connectivity index (χ1) is 10.7. The first-order valence-electron chi connectivity index (χ1n) is 8.69. The lowest BCUT2D eigenvalue weighted by Crippen LogP contribution is -2.37. The number of aryl methyl sites for hydroxylation is 1. The lowest BCUT2D eigenvalue weighted by Gasteiger charge is -2.36. The van der Waals surface area contributed by atoms with E-state index >= 15 is 0 Å². The fourth-order valence-corrected chi connectivity index (χ4v) is 3.40. The van der Waals surface area contributed by atoms with Crippen LogP contribution >= 0.6 is 0 Å². The molecule has 3 rings (SSSR count). The Bertz CT molecular complexity index is 475. The van der Waals surface area contributed by atoms with E-state index in [0.29, 0.717) is 11.8 Å². The van der Waals surface area contributed by atoms with Gasteiger partial charge in [0.2, 0.25) is 0 Å². The first-order valence-corrected chi connectivity index (χ1v) is 8.69. The third-order valence-electron chi connectivity index (χ3n) is 5.03. The number of rotatable bonds is 3. The summed E-state index contributed by atoms with van der Waals surface area (Å²) in [6.45, 7) is 6.05. The maximum atomic E-state index is 6.00. The van der Waals surface area contributed by atoms with Crippen LogP contribution in [0.25, 0.3) is 6.08 Å². The van der Waals surface area contributed by atoms with Crippen molar-refractivity contribution in [3.8, 4) is 0 Å². The van der Waals surface area contributed by atoms with Crippen molar-refractivity contribution in [3.05, 3.63) is 41.5 Å². The van der Waals surface area contributed by atoms with Gasteiger partial charge in [0.15, 0.2) is 6.29 Å². The van der Waals surface area contributed by atoms with Crippen LogP contribution in [-0.2, 0) is 9.47 Å². The van der Waals surface area contributed by atoms with Crippen molar-refractivity contribution >= 4 is 6.08 Å². The van der Waals surface area contributed by atoms with Crippen molar-refractivity contribution in [1.82, 2.24) is 0 Å². The fraction of sp³-hybridized carbons (Fsp3) is 0.600. The summed E-state index contributed by atoms with van der Waals surface area (Å²) in [6, 6.07) is 8.60. The molecule has 120 valence electrons. The minimum Gasteiger partial charge on any atom is -0.352 e. The largest absolute Gasteiger partial charge is 0.352 e. The third kappa shape index (κ3) is 4.21. The highest BCUT2D eigenvalue weighted by atomic mass is 16.7. The molecule has 2 fully saturated rings. The van der Waals surface area contributed by atoms with E-state index in [4.69, 9.17) is 9.47 Å². The summed E-state index contributed by atoms with van der Waals surface area (Å²) < 4.78 is 12.0. The van der Waals surface area contributed by atoms with E-state index in [1.54, 1.807) is 0 Å². The lowest BCUT2D eigenvalue weighted by atomic mass is 9.82. The fourth-order valence-electron chi connectivity index (χ4n) is 3.40. The van der Waals surface area contributed by atoms with Crippen molar-refractivity contribution < 1.29 is 9.47 Å². The summed E-state index contributed by atoms with van der Waals surface area (Å²) in [5.41, 5.74) is 2.54. The van der Waals surface area contributed by atoms with Gasteiger partial charge in [-0.1, -0.05) is 61.7 Å². The molecule has 0 amide bonds. The Labute approximate surface area is 134 Å². The molecule has 0 unspecified atom stereocenters. The van der Waals surface area contributed by atoms with Gasteiger partial charge in [0.05, 0.1) is 13.2 Å². The number of benzene rings is 1. The molecule has 0 aromatic heterocycles. The predicted octanol–water partition coefficient (Wildman–Crippen LogP) is 4.82. The summed E-state index contributed by atoms with van der Waals surface area (Å²) in [6.07, 6.45) is 9.61. The van der Waals surface area contributed by atoms with Crippen LogP contribution in [0.1, 0.15) is 43.7 Å². The Kier molecular flexibility index (Phi) is 5.32. The van der Waals surface area contributed by atoms with E-state index in [2.05, 4.69) is 50.3 Å². The van der Waals surface area contributed by atoms with Gasteiger partial charge < -0.3 is 9.47 Å². The SMILES string of the molecule is Cc1ccc(/C=C/C2COC(C3CCC(C)CC3)OC2)cc1. The molecule has 1 aliphatic heterocycles. The molecule has 1 aromatic rings. The van der Waals surface area contributed by atoms with Crippen LogP contribution < -0.4 is 0 Å². The van der Waals surface area contributed by atoms with Gasteiger partial charge >= 0.3 is 0 Å². The quantitative estimate of drug-likeness (QED) is 0.796. The Hall–Kier alpha value is -1.12. The van der Waals surface area contributed by atoms with Crippen LogP contribution in [0.5, 0.6) is 0 Å². The minimum absolute atomic E-state index is 0.0384. The van der Waals surface area contributed by atoms with Gasteiger partial charge in [-0.05, 0) is 31.2 Å². The highest BCUT2D eigenvalue weighted by Gasteiger charge is 2.30. The summed E-state index contributed by atoms with van der Waals surface area (Å²) in [4.78, 5) is 0. The lowest BCUT2D eigenvalue weighted by molar-refractivity contribution is -0.222. The summed E-state index contributed by atoms with van der Waals surface area (Å²) in [5, 5.41) is 0. The second-order valence-electron chi connectivity index (χ2n) is 7.08. The molecule has 0 radical (unpaired) electrons. The summed E-state index contributed by atoms with van der Waals surface area (Å²) >= 11 is 0. The van der Waals surface area contributed by atoms with Crippen molar-refractivity contribution in [2.45, 2.75) is 45.8 Å². The van der Waals surface area contributed by atoms with Crippen molar-refractivity contribution in [3.63, 3.8) is 0 Å². The van der Waals surface area contributed by atoms with Crippen LogP contribution in [0.2, 0.25) is 0 Å². The zero-order valence-corrected chi connectivity index (χ0v) is 13.8. The Morgan fingerprint density at radius 1 is 0.955 bits per heavy atom. The summed E-state index contributed by atoms with van der Waals surface area (Å²) in [7, 11) is 0. The second kappa shape index (κ2) is 7.43. The smallest absolute Gasteiger partial charge is 0.160 e. The summed E-state index contributed by atoms with van der Waals surface area (Å²) in [5.74, 6) is 1.86. The van der Waals surface area contributed by atoms with E-state index in [0.717, 1.165) is 19.1 Å². The van der Waals surface area contributed by atoms with Crippen LogP contribution in [-0.4, -0.2) is 19.5 Å². The van der Waals surface area contributed by atoms with E-state index < -0.39 is 0 Å². The predicted molar refractivity (Wildman–Crippen MR) is 90.5 cm³/mol. The van der Waals surface area contributed by atoms with Gasteiger partial charge in [0.1, 0.15) is 0 Å². The number of hydrogen-bond acceptors (Lipinski definition) is 2. The van der Waals surface area contributed by atoms with Gasteiger partial charge in [-0.2, -0.15) is 0 Å². The van der Waals surface area contributed by atoms with Crippen molar-refractivity contribution in [2.75, 3.05) is 13.2 Å². The zero-order valence-electron chi connectivity index (χ0n) is 13.8. The Morgan fingerprint density at radius 2 is 1.59 bits per heavy atom. The van der Waals surface area contributed by atoms with E-state index in [1.165, 1.54) is 36.8 Å². The van der Waals surface area contributed by atoms with Gasteiger partial charge in [-0.3, -0.25) is 0 Å². The Balaban J connectivity index is 1.46. The highest BCUT2D eigenvalue weighted by Crippen LogP contribution is 2.33.